The fourth-order valence-corrected chi connectivity index (χ4v) is 4.73. The van der Waals surface area contributed by atoms with Gasteiger partial charge in [0.15, 0.2) is 0 Å². The van der Waals surface area contributed by atoms with E-state index in [2.05, 4.69) is 13.8 Å². The number of carbonyl (C=O) groups is 2. The van der Waals surface area contributed by atoms with Gasteiger partial charge in [0.2, 0.25) is 5.91 Å². The number of rotatable bonds is 2. The lowest BCUT2D eigenvalue weighted by Gasteiger charge is -2.44. The Morgan fingerprint density at radius 1 is 0.933 bits per heavy atom. The van der Waals surface area contributed by atoms with Crippen LogP contribution in [-0.4, -0.2) is 53.8 Å². The molecule has 2 aliphatic heterocycles. The van der Waals surface area contributed by atoms with Crippen LogP contribution in [0.3, 0.4) is 0 Å². The van der Waals surface area contributed by atoms with Crippen LogP contribution in [0.5, 0.6) is 0 Å². The van der Waals surface area contributed by atoms with Crippen LogP contribution in [0, 0.1) is 11.3 Å². The van der Waals surface area contributed by atoms with E-state index in [1.54, 1.807) is 0 Å². The quantitative estimate of drug-likeness (QED) is 0.791. The number of nitrogens with zero attached hydrogens (tertiary/aromatic N) is 2. The van der Waals surface area contributed by atoms with Crippen LogP contribution in [0.25, 0.3) is 10.8 Å². The molecule has 6 heteroatoms. The molecule has 2 amide bonds. The van der Waals surface area contributed by atoms with Crippen molar-refractivity contribution in [2.75, 3.05) is 26.2 Å². The topological polar surface area (TPSA) is 66.6 Å². The smallest absolute Gasteiger partial charge is 0.254 e. The van der Waals surface area contributed by atoms with Crippen LogP contribution >= 0.6 is 12.4 Å². The number of amides is 2. The van der Waals surface area contributed by atoms with Crippen molar-refractivity contribution >= 4 is 35.0 Å². The Morgan fingerprint density at radius 3 is 2.27 bits per heavy atom. The molecule has 0 spiro atoms. The van der Waals surface area contributed by atoms with Gasteiger partial charge in [0, 0.05) is 43.7 Å². The van der Waals surface area contributed by atoms with Crippen LogP contribution in [-0.2, 0) is 4.79 Å². The van der Waals surface area contributed by atoms with Crippen molar-refractivity contribution in [2.45, 2.75) is 39.2 Å². The normalized spacial score (nSPS) is 21.9. The van der Waals surface area contributed by atoms with E-state index in [0.717, 1.165) is 48.7 Å². The van der Waals surface area contributed by atoms with Crippen LogP contribution in [0.1, 0.15) is 43.5 Å². The molecule has 162 valence electrons. The Bertz CT molecular complexity index is 916. The summed E-state index contributed by atoms with van der Waals surface area (Å²) in [5.74, 6) is 0.316. The molecule has 2 N–H and O–H groups in total. The maximum atomic E-state index is 13.1. The van der Waals surface area contributed by atoms with Gasteiger partial charge in [-0.15, -0.1) is 12.4 Å². The van der Waals surface area contributed by atoms with Crippen molar-refractivity contribution in [1.29, 1.82) is 0 Å². The van der Waals surface area contributed by atoms with Crippen molar-refractivity contribution in [1.82, 2.24) is 9.80 Å². The fourth-order valence-electron chi connectivity index (χ4n) is 4.73. The molecule has 0 radical (unpaired) electrons. The molecule has 5 nitrogen and oxygen atoms in total. The number of likely N-dealkylation sites (tertiary alicyclic amines) is 2. The maximum absolute atomic E-state index is 13.1. The number of hydrogen-bond donors (Lipinski definition) is 1. The van der Waals surface area contributed by atoms with Crippen LogP contribution < -0.4 is 5.73 Å². The number of carbonyl (C=O) groups excluding carboxylic acids is 2. The zero-order chi connectivity index (χ0) is 20.6. The zero-order valence-corrected chi connectivity index (χ0v) is 18.7. The molecule has 1 unspecified atom stereocenters. The second kappa shape index (κ2) is 8.94. The fraction of sp³-hybridized carbons (Fsp3) is 0.500. The average Bonchev–Trinajstić information content (AvgIpc) is 2.74. The lowest BCUT2D eigenvalue weighted by molar-refractivity contribution is -0.140. The highest BCUT2D eigenvalue weighted by Gasteiger charge is 2.38. The Morgan fingerprint density at radius 2 is 1.57 bits per heavy atom. The standard InChI is InChI=1S/C24H31N3O2.ClH/c1-24(2)16-27(15-12-21(24)25)22(28)18-10-13-26(14-11-18)23(29)20-9-5-7-17-6-3-4-8-19(17)20;/h3-9,18,21H,10-16,25H2,1-2H3;1H. The first-order chi connectivity index (χ1) is 13.9. The number of fused-ring (bicyclic) bond motifs is 1. The molecule has 0 aromatic heterocycles. The highest BCUT2D eigenvalue weighted by molar-refractivity contribution is 6.07. The molecule has 2 aromatic rings. The molecule has 2 aromatic carbocycles. The van der Waals surface area contributed by atoms with E-state index >= 15 is 0 Å². The molecule has 0 aliphatic carbocycles. The van der Waals surface area contributed by atoms with E-state index in [1.807, 2.05) is 52.3 Å². The molecule has 4 rings (SSSR count). The van der Waals surface area contributed by atoms with Gasteiger partial charge in [0.05, 0.1) is 0 Å². The SMILES string of the molecule is CC1(C)CN(C(=O)C2CCN(C(=O)c3cccc4ccccc34)CC2)CCC1N.Cl. The number of piperidine rings is 2. The monoisotopic (exact) mass is 429 g/mol. The van der Waals surface area contributed by atoms with Crippen LogP contribution in [0.15, 0.2) is 42.5 Å². The first-order valence-electron chi connectivity index (χ1n) is 10.7. The highest BCUT2D eigenvalue weighted by Crippen LogP contribution is 2.30. The molecule has 0 saturated carbocycles. The molecular weight excluding hydrogens is 398 g/mol. The number of halogens is 1. The predicted molar refractivity (Wildman–Crippen MR) is 123 cm³/mol. The largest absolute Gasteiger partial charge is 0.342 e. The second-order valence-electron chi connectivity index (χ2n) is 9.24. The summed E-state index contributed by atoms with van der Waals surface area (Å²) in [6, 6.07) is 14.0. The van der Waals surface area contributed by atoms with Crippen LogP contribution in [0.2, 0.25) is 0 Å². The van der Waals surface area contributed by atoms with E-state index < -0.39 is 0 Å². The number of nitrogens with two attached hydrogens (primary N) is 1. The van der Waals surface area contributed by atoms with Crippen LogP contribution in [0.4, 0.5) is 0 Å². The molecule has 0 bridgehead atoms. The molecule has 2 heterocycles. The summed E-state index contributed by atoms with van der Waals surface area (Å²) in [7, 11) is 0. The Hall–Kier alpha value is -2.11. The van der Waals surface area contributed by atoms with Gasteiger partial charge in [0.1, 0.15) is 0 Å². The van der Waals surface area contributed by atoms with Gasteiger partial charge in [-0.2, -0.15) is 0 Å². The van der Waals surface area contributed by atoms with E-state index in [4.69, 9.17) is 5.73 Å². The average molecular weight is 430 g/mol. The third kappa shape index (κ3) is 4.33. The molecule has 2 aliphatic rings. The van der Waals surface area contributed by atoms with Crippen molar-refractivity contribution in [3.8, 4) is 0 Å². The van der Waals surface area contributed by atoms with E-state index in [1.165, 1.54) is 0 Å². The summed E-state index contributed by atoms with van der Waals surface area (Å²) in [6.07, 6.45) is 2.33. The van der Waals surface area contributed by atoms with Gasteiger partial charge in [-0.05, 0) is 41.5 Å². The summed E-state index contributed by atoms with van der Waals surface area (Å²) in [6.45, 7) is 7.02. The van der Waals surface area contributed by atoms with Gasteiger partial charge in [-0.25, -0.2) is 0 Å². The molecule has 2 fully saturated rings. The van der Waals surface area contributed by atoms with Crippen molar-refractivity contribution in [2.24, 2.45) is 17.1 Å². The maximum Gasteiger partial charge on any atom is 0.254 e. The van der Waals surface area contributed by atoms with Gasteiger partial charge in [0.25, 0.3) is 5.91 Å². The minimum Gasteiger partial charge on any atom is -0.342 e. The van der Waals surface area contributed by atoms with Gasteiger partial charge in [-0.3, -0.25) is 9.59 Å². The number of hydrogen-bond acceptors (Lipinski definition) is 3. The highest BCUT2D eigenvalue weighted by atomic mass is 35.5. The van der Waals surface area contributed by atoms with E-state index in [-0.39, 0.29) is 41.6 Å². The number of benzene rings is 2. The third-order valence-corrected chi connectivity index (χ3v) is 6.78. The lowest BCUT2D eigenvalue weighted by Crippen LogP contribution is -2.55. The minimum absolute atomic E-state index is 0. The molecule has 2 saturated heterocycles. The first-order valence-corrected chi connectivity index (χ1v) is 10.7. The van der Waals surface area contributed by atoms with Crippen molar-refractivity contribution in [3.05, 3.63) is 48.0 Å². The third-order valence-electron chi connectivity index (χ3n) is 6.78. The Labute approximate surface area is 185 Å². The van der Waals surface area contributed by atoms with Gasteiger partial charge < -0.3 is 15.5 Å². The second-order valence-corrected chi connectivity index (χ2v) is 9.24. The van der Waals surface area contributed by atoms with E-state index in [0.29, 0.717) is 13.1 Å². The summed E-state index contributed by atoms with van der Waals surface area (Å²) in [5.41, 5.74) is 6.92. The van der Waals surface area contributed by atoms with Crippen molar-refractivity contribution < 1.29 is 9.59 Å². The summed E-state index contributed by atoms with van der Waals surface area (Å²) in [4.78, 5) is 30.1. The summed E-state index contributed by atoms with van der Waals surface area (Å²) in [5, 5.41) is 2.07. The Balaban J connectivity index is 0.00000256. The molecule has 1 atom stereocenters. The van der Waals surface area contributed by atoms with Gasteiger partial charge >= 0.3 is 0 Å². The van der Waals surface area contributed by atoms with E-state index in [9.17, 15) is 9.59 Å². The predicted octanol–water partition coefficient (Wildman–Crippen LogP) is 3.70. The van der Waals surface area contributed by atoms with Gasteiger partial charge in [-0.1, -0.05) is 50.2 Å². The Kier molecular flexibility index (Phi) is 6.73. The summed E-state index contributed by atoms with van der Waals surface area (Å²) >= 11 is 0. The molecular formula is C24H32ClN3O2. The van der Waals surface area contributed by atoms with Crippen molar-refractivity contribution in [3.63, 3.8) is 0 Å². The zero-order valence-electron chi connectivity index (χ0n) is 17.8. The first kappa shape index (κ1) is 22.6. The lowest BCUT2D eigenvalue weighted by atomic mass is 9.79. The minimum atomic E-state index is -0.0427. The molecule has 30 heavy (non-hydrogen) atoms. The summed E-state index contributed by atoms with van der Waals surface area (Å²) < 4.78 is 0.